The summed E-state index contributed by atoms with van der Waals surface area (Å²) in [6.45, 7) is 11.9. The molecule has 1 heteroatoms. The summed E-state index contributed by atoms with van der Waals surface area (Å²) in [7, 11) is 0. The van der Waals surface area contributed by atoms with Gasteiger partial charge in [-0.1, -0.05) is 38.7 Å². The van der Waals surface area contributed by atoms with Gasteiger partial charge >= 0.3 is 0 Å². The molecule has 0 atom stereocenters. The average molecular weight is 189 g/mol. The monoisotopic (exact) mass is 189 g/mol. The normalized spacial score (nSPS) is 11.3. The maximum atomic E-state index is 4.16. The number of aromatic nitrogens is 1. The minimum atomic E-state index is 0.832. The molecule has 0 aliphatic carbocycles. The van der Waals surface area contributed by atoms with Gasteiger partial charge in [0.1, 0.15) is 0 Å². The van der Waals surface area contributed by atoms with Crippen LogP contribution in [0.3, 0.4) is 0 Å². The number of aryl methyl sites for hydroxylation is 1. The second kappa shape index (κ2) is 7.07. The molecule has 0 spiro atoms. The summed E-state index contributed by atoms with van der Waals surface area (Å²) in [6, 6.07) is 2.08. The van der Waals surface area contributed by atoms with E-state index in [1.54, 1.807) is 0 Å². The molecule has 1 aromatic rings. The van der Waals surface area contributed by atoms with Crippen molar-refractivity contribution in [1.29, 1.82) is 0 Å². The third-order valence-corrected chi connectivity index (χ3v) is 1.61. The van der Waals surface area contributed by atoms with Crippen LogP contribution in [0, 0.1) is 6.92 Å². The van der Waals surface area contributed by atoms with Crippen molar-refractivity contribution in [3.8, 4) is 0 Å². The van der Waals surface area contributed by atoms with Crippen LogP contribution in [0.1, 0.15) is 26.3 Å². The molecular weight excluding hydrogens is 170 g/mol. The number of allylic oxidation sites excluding steroid dienone is 2. The number of nitrogens with zero attached hydrogens (tertiary/aromatic N) is 1. The summed E-state index contributed by atoms with van der Waals surface area (Å²) in [6.07, 6.45) is 7.82. The molecule has 0 aliphatic heterocycles. The largest absolute Gasteiger partial charge is 0.257 e. The topological polar surface area (TPSA) is 12.9 Å². The molecule has 1 aromatic heterocycles. The average Bonchev–Trinajstić information content (AvgIpc) is 2.22. The first-order chi connectivity index (χ1) is 6.74. The Bertz CT molecular complexity index is 388. The van der Waals surface area contributed by atoms with Crippen LogP contribution in [0.2, 0.25) is 0 Å². The predicted molar refractivity (Wildman–Crippen MR) is 64.4 cm³/mol. The summed E-state index contributed by atoms with van der Waals surface area (Å²) >= 11 is 0. The Balaban J connectivity index is 0.000000791. The fourth-order valence-electron chi connectivity index (χ4n) is 0.964. The van der Waals surface area contributed by atoms with Gasteiger partial charge in [0.25, 0.3) is 0 Å². The SMILES string of the molecule is C=c1ncc(C)c/c1=C/C=C/C.CC. The number of hydrogen-bond donors (Lipinski definition) is 0. The fourth-order valence-corrected chi connectivity index (χ4v) is 0.964. The molecule has 0 aromatic carbocycles. The van der Waals surface area contributed by atoms with Gasteiger partial charge in [0, 0.05) is 6.20 Å². The lowest BCUT2D eigenvalue weighted by atomic mass is 10.2. The molecule has 1 rings (SSSR count). The zero-order chi connectivity index (χ0) is 11.0. The molecule has 14 heavy (non-hydrogen) atoms. The third kappa shape index (κ3) is 4.04. The zero-order valence-corrected chi connectivity index (χ0v) is 9.54. The molecule has 0 radical (unpaired) electrons. The number of rotatable bonds is 1. The quantitative estimate of drug-likeness (QED) is 0.660. The highest BCUT2D eigenvalue weighted by Crippen LogP contribution is 1.83. The lowest BCUT2D eigenvalue weighted by Gasteiger charge is -1.90. The van der Waals surface area contributed by atoms with E-state index in [0.29, 0.717) is 0 Å². The molecule has 0 saturated carbocycles. The van der Waals surface area contributed by atoms with E-state index in [0.717, 1.165) is 16.1 Å². The van der Waals surface area contributed by atoms with Crippen LogP contribution in [0.4, 0.5) is 0 Å². The van der Waals surface area contributed by atoms with Gasteiger partial charge in [-0.15, -0.1) is 0 Å². The van der Waals surface area contributed by atoms with E-state index < -0.39 is 0 Å². The number of hydrogen-bond acceptors (Lipinski definition) is 1. The summed E-state index contributed by atoms with van der Waals surface area (Å²) in [5.41, 5.74) is 1.16. The van der Waals surface area contributed by atoms with Crippen LogP contribution in [0.15, 0.2) is 24.4 Å². The molecule has 0 unspecified atom stereocenters. The standard InChI is InChI=1S/C11H13N.C2H6/c1-4-5-6-11-7-9(2)8-12-10(11)3;1-2/h4-8H,3H2,1-2H3;1-2H3/b5-4+,11-6-;. The Kier molecular flexibility index (Phi) is 6.38. The second-order valence-electron chi connectivity index (χ2n) is 2.74. The molecule has 0 saturated heterocycles. The van der Waals surface area contributed by atoms with Gasteiger partial charge in [0.15, 0.2) is 0 Å². The van der Waals surface area contributed by atoms with Crippen molar-refractivity contribution in [2.75, 3.05) is 0 Å². The Hall–Kier alpha value is -1.37. The lowest BCUT2D eigenvalue weighted by Crippen LogP contribution is -2.26. The van der Waals surface area contributed by atoms with E-state index in [-0.39, 0.29) is 0 Å². The van der Waals surface area contributed by atoms with Gasteiger partial charge in [-0.3, -0.25) is 4.98 Å². The first-order valence-corrected chi connectivity index (χ1v) is 4.98. The second-order valence-corrected chi connectivity index (χ2v) is 2.74. The van der Waals surface area contributed by atoms with Crippen molar-refractivity contribution in [2.24, 2.45) is 0 Å². The minimum absolute atomic E-state index is 0.832. The van der Waals surface area contributed by atoms with E-state index >= 15 is 0 Å². The van der Waals surface area contributed by atoms with Crippen molar-refractivity contribution in [3.63, 3.8) is 0 Å². The Morgan fingerprint density at radius 3 is 2.57 bits per heavy atom. The summed E-state index contributed by atoms with van der Waals surface area (Å²) in [5.74, 6) is 0. The first-order valence-electron chi connectivity index (χ1n) is 4.98. The molecule has 76 valence electrons. The third-order valence-electron chi connectivity index (χ3n) is 1.61. The fraction of sp³-hybridized carbons (Fsp3) is 0.308. The molecule has 0 N–H and O–H groups in total. The van der Waals surface area contributed by atoms with E-state index in [2.05, 4.69) is 17.6 Å². The van der Waals surface area contributed by atoms with E-state index in [1.165, 1.54) is 0 Å². The summed E-state index contributed by atoms with van der Waals surface area (Å²) in [4.78, 5) is 4.16. The van der Waals surface area contributed by atoms with E-state index in [1.807, 2.05) is 52.1 Å². The van der Waals surface area contributed by atoms with Crippen LogP contribution < -0.4 is 10.6 Å². The number of pyridine rings is 1. The summed E-state index contributed by atoms with van der Waals surface area (Å²) in [5, 5.41) is 1.92. The van der Waals surface area contributed by atoms with Gasteiger partial charge in [-0.25, -0.2) is 0 Å². The highest BCUT2D eigenvalue weighted by atomic mass is 14.6. The highest BCUT2D eigenvalue weighted by molar-refractivity contribution is 5.36. The minimum Gasteiger partial charge on any atom is -0.257 e. The van der Waals surface area contributed by atoms with E-state index in [9.17, 15) is 0 Å². The van der Waals surface area contributed by atoms with Gasteiger partial charge in [-0.2, -0.15) is 0 Å². The van der Waals surface area contributed by atoms with Gasteiger partial charge in [0.2, 0.25) is 0 Å². The maximum Gasteiger partial charge on any atom is 0.0630 e. The van der Waals surface area contributed by atoms with Gasteiger partial charge in [0.05, 0.1) is 5.35 Å². The van der Waals surface area contributed by atoms with Crippen LogP contribution in [-0.4, -0.2) is 4.98 Å². The van der Waals surface area contributed by atoms with Crippen molar-refractivity contribution in [3.05, 3.63) is 40.5 Å². The molecule has 1 nitrogen and oxygen atoms in total. The highest BCUT2D eigenvalue weighted by Gasteiger charge is 1.84. The molecule has 0 aliphatic rings. The van der Waals surface area contributed by atoms with Crippen molar-refractivity contribution >= 4 is 12.7 Å². The van der Waals surface area contributed by atoms with Crippen LogP contribution in [0.5, 0.6) is 0 Å². The molecule has 0 fully saturated rings. The first kappa shape index (κ1) is 12.6. The predicted octanol–water partition coefficient (Wildman–Crippen LogP) is 2.18. The zero-order valence-electron chi connectivity index (χ0n) is 9.54. The van der Waals surface area contributed by atoms with E-state index in [4.69, 9.17) is 0 Å². The molecule has 0 amide bonds. The van der Waals surface area contributed by atoms with Crippen molar-refractivity contribution < 1.29 is 0 Å². The Labute approximate surface area is 86.5 Å². The Morgan fingerprint density at radius 2 is 2.00 bits per heavy atom. The van der Waals surface area contributed by atoms with Crippen molar-refractivity contribution in [2.45, 2.75) is 27.7 Å². The summed E-state index contributed by atoms with van der Waals surface area (Å²) < 4.78 is 0. The van der Waals surface area contributed by atoms with Crippen LogP contribution >= 0.6 is 0 Å². The molecule has 1 heterocycles. The lowest BCUT2D eigenvalue weighted by molar-refractivity contribution is 1.19. The van der Waals surface area contributed by atoms with Crippen molar-refractivity contribution in [1.82, 2.24) is 4.98 Å². The molecular formula is C13H19N. The Morgan fingerprint density at radius 1 is 1.36 bits per heavy atom. The van der Waals surface area contributed by atoms with Gasteiger partial charge < -0.3 is 0 Å². The smallest absolute Gasteiger partial charge is 0.0630 e. The van der Waals surface area contributed by atoms with Gasteiger partial charge in [-0.05, 0) is 30.7 Å². The van der Waals surface area contributed by atoms with Crippen LogP contribution in [-0.2, 0) is 0 Å². The molecule has 0 bridgehead atoms. The van der Waals surface area contributed by atoms with Crippen LogP contribution in [0.25, 0.3) is 12.7 Å². The maximum absolute atomic E-state index is 4.16.